The molecule has 0 aliphatic carbocycles. The van der Waals surface area contributed by atoms with Gasteiger partial charge in [0.05, 0.1) is 7.11 Å². The Morgan fingerprint density at radius 1 is 0.724 bits per heavy atom. The third-order valence-corrected chi connectivity index (χ3v) is 4.89. The molecule has 1 atom stereocenters. The number of unbranched alkanes of at least 4 members (excludes halogenated alkanes) is 12. The van der Waals surface area contributed by atoms with Gasteiger partial charge in [-0.05, 0) is 12.8 Å². The van der Waals surface area contributed by atoms with Crippen LogP contribution in [0.3, 0.4) is 0 Å². The first-order valence-corrected chi connectivity index (χ1v) is 11.1. The molecule has 0 saturated carbocycles. The number of carbonyl (C=O) groups excluding carboxylic acids is 3. The van der Waals surface area contributed by atoms with E-state index in [0.29, 0.717) is 0 Å². The summed E-state index contributed by atoms with van der Waals surface area (Å²) in [5.41, 5.74) is 5.61. The van der Waals surface area contributed by atoms with Crippen molar-refractivity contribution in [3.05, 3.63) is 0 Å². The molecular weight excluding hydrogens is 381 g/mol. The minimum atomic E-state index is -0.977. The Morgan fingerprint density at radius 3 is 1.62 bits per heavy atom. The Balaban J connectivity index is 0. The Kier molecular flexibility index (Phi) is 23.6. The van der Waals surface area contributed by atoms with Crippen LogP contribution in [0.25, 0.3) is 0 Å². The van der Waals surface area contributed by atoms with Crippen LogP contribution in [0.2, 0.25) is 0 Å². The predicted octanol–water partition coefficient (Wildman–Crippen LogP) is 4.17. The summed E-state index contributed by atoms with van der Waals surface area (Å²) in [6.45, 7) is 2.24. The molecule has 0 fully saturated rings. The molecule has 6 nitrogen and oxygen atoms in total. The molecule has 0 rings (SSSR count). The van der Waals surface area contributed by atoms with Crippen LogP contribution in [0.1, 0.15) is 110 Å². The van der Waals surface area contributed by atoms with Crippen LogP contribution >= 0.6 is 0 Å². The van der Waals surface area contributed by atoms with Gasteiger partial charge in [-0.25, -0.2) is 4.79 Å². The Hall–Kier alpha value is -0.430. The summed E-state index contributed by atoms with van der Waals surface area (Å²) in [7, 11) is 1.27. The standard InChI is InChI=1S/C22H41NO5.Na.H/c1-3-4-5-6-7-8-9-10-11-12-13-14-15-16-21(25)28-22(26)19(23)17-18-20(24)27-2;;/h19H,3-18,23H2,1-2H3;;. The second-order valence-electron chi connectivity index (χ2n) is 7.51. The summed E-state index contributed by atoms with van der Waals surface area (Å²) in [6, 6.07) is -0.977. The van der Waals surface area contributed by atoms with Crippen LogP contribution in [0, 0.1) is 0 Å². The van der Waals surface area contributed by atoms with E-state index in [2.05, 4.69) is 11.7 Å². The normalized spacial score (nSPS) is 11.4. The van der Waals surface area contributed by atoms with E-state index in [1.807, 2.05) is 0 Å². The first-order chi connectivity index (χ1) is 13.5. The van der Waals surface area contributed by atoms with Crippen molar-refractivity contribution in [2.24, 2.45) is 5.73 Å². The monoisotopic (exact) mass is 423 g/mol. The summed E-state index contributed by atoms with van der Waals surface area (Å²) in [5, 5.41) is 0. The van der Waals surface area contributed by atoms with Crippen molar-refractivity contribution >= 4 is 47.5 Å². The van der Waals surface area contributed by atoms with Crippen molar-refractivity contribution in [3.63, 3.8) is 0 Å². The fourth-order valence-electron chi connectivity index (χ4n) is 3.02. The summed E-state index contributed by atoms with van der Waals surface area (Å²) in [4.78, 5) is 34.3. The van der Waals surface area contributed by atoms with Gasteiger partial charge < -0.3 is 15.2 Å². The first kappa shape index (κ1) is 30.8. The van der Waals surface area contributed by atoms with Crippen molar-refractivity contribution in [1.82, 2.24) is 0 Å². The van der Waals surface area contributed by atoms with E-state index in [1.54, 1.807) is 0 Å². The SMILES string of the molecule is CCCCCCCCCCCCCCCC(=O)OC(=O)C(N)CCC(=O)OC.[NaH]. The van der Waals surface area contributed by atoms with Crippen LogP contribution in [0.15, 0.2) is 0 Å². The van der Waals surface area contributed by atoms with E-state index in [4.69, 9.17) is 10.5 Å². The third kappa shape index (κ3) is 20.6. The average Bonchev–Trinajstić information content (AvgIpc) is 2.69. The van der Waals surface area contributed by atoms with Crippen molar-refractivity contribution in [2.45, 2.75) is 116 Å². The van der Waals surface area contributed by atoms with Gasteiger partial charge in [0, 0.05) is 12.8 Å². The molecule has 2 N–H and O–H groups in total. The molecular formula is C22H42NNaO5. The second-order valence-corrected chi connectivity index (χ2v) is 7.51. The van der Waals surface area contributed by atoms with E-state index >= 15 is 0 Å². The zero-order valence-corrected chi connectivity index (χ0v) is 18.0. The summed E-state index contributed by atoms with van der Waals surface area (Å²) in [5.74, 6) is -1.76. The van der Waals surface area contributed by atoms with Gasteiger partial charge in [-0.1, -0.05) is 84.0 Å². The third-order valence-electron chi connectivity index (χ3n) is 4.89. The van der Waals surface area contributed by atoms with Crippen molar-refractivity contribution in [1.29, 1.82) is 0 Å². The fourth-order valence-corrected chi connectivity index (χ4v) is 3.02. The molecule has 0 aliphatic rings. The van der Waals surface area contributed by atoms with Gasteiger partial charge in [-0.15, -0.1) is 0 Å². The maximum atomic E-state index is 11.7. The summed E-state index contributed by atoms with van der Waals surface area (Å²) in [6.07, 6.45) is 16.4. The van der Waals surface area contributed by atoms with E-state index < -0.39 is 23.9 Å². The van der Waals surface area contributed by atoms with Gasteiger partial charge in [-0.2, -0.15) is 0 Å². The van der Waals surface area contributed by atoms with E-state index in [1.165, 1.54) is 71.3 Å². The van der Waals surface area contributed by atoms with Crippen LogP contribution in [-0.4, -0.2) is 60.6 Å². The van der Waals surface area contributed by atoms with Gasteiger partial charge in [0.2, 0.25) is 0 Å². The number of ether oxygens (including phenoxy) is 2. The fraction of sp³-hybridized carbons (Fsp3) is 0.864. The molecule has 0 bridgehead atoms. The molecule has 0 radical (unpaired) electrons. The van der Waals surface area contributed by atoms with Gasteiger partial charge >= 0.3 is 47.5 Å². The summed E-state index contributed by atoms with van der Waals surface area (Å²) >= 11 is 0. The van der Waals surface area contributed by atoms with E-state index in [-0.39, 0.29) is 48.8 Å². The molecule has 0 aromatic rings. The minimum absolute atomic E-state index is 0. The molecule has 166 valence electrons. The number of methoxy groups -OCH3 is 1. The van der Waals surface area contributed by atoms with Gasteiger partial charge in [0.15, 0.2) is 0 Å². The molecule has 0 aliphatic heterocycles. The van der Waals surface area contributed by atoms with Gasteiger partial charge in [-0.3, -0.25) is 9.59 Å². The number of hydrogen-bond acceptors (Lipinski definition) is 6. The molecule has 0 aromatic heterocycles. The first-order valence-electron chi connectivity index (χ1n) is 11.1. The predicted molar refractivity (Wildman–Crippen MR) is 118 cm³/mol. The topological polar surface area (TPSA) is 95.7 Å². The van der Waals surface area contributed by atoms with E-state index in [9.17, 15) is 14.4 Å². The molecule has 7 heteroatoms. The number of hydrogen-bond donors (Lipinski definition) is 1. The Bertz CT molecular complexity index is 431. The quantitative estimate of drug-likeness (QED) is 0.154. The Labute approximate surface area is 199 Å². The molecule has 0 heterocycles. The van der Waals surface area contributed by atoms with Gasteiger partial charge in [0.25, 0.3) is 0 Å². The molecule has 0 saturated heterocycles. The zero-order valence-electron chi connectivity index (χ0n) is 18.0. The van der Waals surface area contributed by atoms with Crippen LogP contribution in [0.5, 0.6) is 0 Å². The molecule has 0 aromatic carbocycles. The van der Waals surface area contributed by atoms with Crippen LogP contribution in [0.4, 0.5) is 0 Å². The number of carbonyl (C=O) groups is 3. The number of esters is 3. The maximum absolute atomic E-state index is 11.7. The van der Waals surface area contributed by atoms with Crippen LogP contribution < -0.4 is 5.73 Å². The van der Waals surface area contributed by atoms with Gasteiger partial charge in [0.1, 0.15) is 6.04 Å². The van der Waals surface area contributed by atoms with E-state index in [0.717, 1.165) is 19.3 Å². The molecule has 0 amide bonds. The van der Waals surface area contributed by atoms with Crippen molar-refractivity contribution in [3.8, 4) is 0 Å². The second kappa shape index (κ2) is 22.3. The molecule has 1 unspecified atom stereocenters. The average molecular weight is 424 g/mol. The zero-order chi connectivity index (χ0) is 21.0. The molecule has 29 heavy (non-hydrogen) atoms. The molecule has 0 spiro atoms. The summed E-state index contributed by atoms with van der Waals surface area (Å²) < 4.78 is 9.21. The van der Waals surface area contributed by atoms with Crippen molar-refractivity contribution < 1.29 is 23.9 Å². The van der Waals surface area contributed by atoms with Crippen LogP contribution in [-0.2, 0) is 23.9 Å². The number of nitrogens with two attached hydrogens (primary N) is 1. The Morgan fingerprint density at radius 2 is 1.17 bits per heavy atom. The van der Waals surface area contributed by atoms with Crippen molar-refractivity contribution in [2.75, 3.05) is 7.11 Å². The number of rotatable bonds is 18.